The van der Waals surface area contributed by atoms with Crippen molar-refractivity contribution < 1.29 is 19.1 Å². The van der Waals surface area contributed by atoms with Crippen LogP contribution in [-0.2, 0) is 32.0 Å². The van der Waals surface area contributed by atoms with E-state index in [-0.39, 0.29) is 12.3 Å². The van der Waals surface area contributed by atoms with Gasteiger partial charge in [-0.2, -0.15) is 0 Å². The quantitative estimate of drug-likeness (QED) is 0.303. The summed E-state index contributed by atoms with van der Waals surface area (Å²) in [6.07, 6.45) is 0.551. The second-order valence-corrected chi connectivity index (χ2v) is 8.53. The number of fused-ring (bicyclic) bond motifs is 2. The normalized spacial score (nSPS) is 12.6. The number of carbonyl (C=O) groups excluding carboxylic acids is 3. The number of methoxy groups -OCH3 is 1. The summed E-state index contributed by atoms with van der Waals surface area (Å²) in [6, 6.07) is 25.7. The van der Waals surface area contributed by atoms with E-state index >= 15 is 0 Å². The third-order valence-electron chi connectivity index (χ3n) is 6.07. The SMILES string of the molecule is COC(=O)[C@H](Cc1c2ccccc2cc2ccccc12)NC(=O)[C@H](Cc1ccccc1)NC(C)=O. The van der Waals surface area contributed by atoms with Crippen molar-refractivity contribution >= 4 is 39.3 Å². The minimum absolute atomic E-state index is 0.248. The highest BCUT2D eigenvalue weighted by molar-refractivity contribution is 6.03. The number of nitrogens with one attached hydrogen (secondary N) is 2. The van der Waals surface area contributed by atoms with Gasteiger partial charge in [0.2, 0.25) is 11.8 Å². The molecule has 4 aromatic rings. The van der Waals surface area contributed by atoms with Crippen LogP contribution in [-0.4, -0.2) is 37.0 Å². The van der Waals surface area contributed by atoms with Gasteiger partial charge in [-0.25, -0.2) is 4.79 Å². The average molecular weight is 469 g/mol. The van der Waals surface area contributed by atoms with Crippen LogP contribution in [0, 0.1) is 0 Å². The Kier molecular flexibility index (Phi) is 7.41. The lowest BCUT2D eigenvalue weighted by molar-refractivity contribution is -0.145. The molecule has 6 nitrogen and oxygen atoms in total. The molecule has 0 saturated carbocycles. The van der Waals surface area contributed by atoms with E-state index in [4.69, 9.17) is 4.74 Å². The van der Waals surface area contributed by atoms with E-state index in [1.807, 2.05) is 78.9 Å². The highest BCUT2D eigenvalue weighted by Crippen LogP contribution is 2.29. The predicted octanol–water partition coefficient (Wildman–Crippen LogP) is 3.94. The highest BCUT2D eigenvalue weighted by Gasteiger charge is 2.28. The van der Waals surface area contributed by atoms with E-state index in [0.29, 0.717) is 6.42 Å². The maximum absolute atomic E-state index is 13.3. The topological polar surface area (TPSA) is 84.5 Å². The molecule has 0 aliphatic carbocycles. The van der Waals surface area contributed by atoms with E-state index < -0.39 is 24.0 Å². The Morgan fingerprint density at radius 3 is 1.89 bits per heavy atom. The van der Waals surface area contributed by atoms with Crippen molar-refractivity contribution in [3.8, 4) is 0 Å². The van der Waals surface area contributed by atoms with Crippen LogP contribution in [0.2, 0.25) is 0 Å². The van der Waals surface area contributed by atoms with E-state index in [0.717, 1.165) is 32.7 Å². The standard InChI is InChI=1S/C29H28N2O4/c1-19(32)30-26(16-20-10-4-3-5-11-20)28(33)31-27(29(34)35-2)18-25-23-14-8-6-12-21(23)17-22-13-7-9-15-24(22)25/h3-15,17,26-27H,16,18H2,1-2H3,(H,30,32)(H,31,33)/t26-,27-/m0/s1. The molecule has 0 fully saturated rings. The lowest BCUT2D eigenvalue weighted by Crippen LogP contribution is -2.53. The van der Waals surface area contributed by atoms with Crippen LogP contribution in [0.15, 0.2) is 84.9 Å². The van der Waals surface area contributed by atoms with Gasteiger partial charge < -0.3 is 15.4 Å². The third kappa shape index (κ3) is 5.66. The van der Waals surface area contributed by atoms with E-state index in [9.17, 15) is 14.4 Å². The number of esters is 1. The molecule has 0 spiro atoms. The van der Waals surface area contributed by atoms with Crippen molar-refractivity contribution in [2.45, 2.75) is 31.8 Å². The lowest BCUT2D eigenvalue weighted by atomic mass is 9.92. The Morgan fingerprint density at radius 2 is 1.31 bits per heavy atom. The van der Waals surface area contributed by atoms with Crippen molar-refractivity contribution in [3.05, 3.63) is 96.1 Å². The minimum atomic E-state index is -0.922. The number of hydrogen-bond acceptors (Lipinski definition) is 4. The number of amides is 2. The van der Waals surface area contributed by atoms with Gasteiger partial charge in [-0.15, -0.1) is 0 Å². The summed E-state index contributed by atoms with van der Waals surface area (Å²) in [5.41, 5.74) is 1.85. The maximum atomic E-state index is 13.3. The van der Waals surface area contributed by atoms with Gasteiger partial charge in [0.1, 0.15) is 12.1 Å². The molecule has 6 heteroatoms. The van der Waals surface area contributed by atoms with Crippen LogP contribution in [0.1, 0.15) is 18.1 Å². The Morgan fingerprint density at radius 1 is 0.743 bits per heavy atom. The van der Waals surface area contributed by atoms with Crippen LogP contribution in [0.5, 0.6) is 0 Å². The number of hydrogen-bond donors (Lipinski definition) is 2. The summed E-state index contributed by atoms with van der Waals surface area (Å²) < 4.78 is 5.05. The molecule has 0 aliphatic heterocycles. The Hall–Kier alpha value is -4.19. The van der Waals surface area contributed by atoms with E-state index in [1.54, 1.807) is 0 Å². The van der Waals surface area contributed by atoms with Gasteiger partial charge in [0.05, 0.1) is 7.11 Å². The van der Waals surface area contributed by atoms with Crippen molar-refractivity contribution in [3.63, 3.8) is 0 Å². The molecule has 0 saturated heterocycles. The van der Waals surface area contributed by atoms with Gasteiger partial charge in [0, 0.05) is 19.8 Å². The van der Waals surface area contributed by atoms with E-state index in [2.05, 4.69) is 16.7 Å². The fourth-order valence-corrected chi connectivity index (χ4v) is 4.44. The Balaban J connectivity index is 1.67. The molecule has 2 amide bonds. The summed E-state index contributed by atoms with van der Waals surface area (Å²) in [5.74, 6) is -1.31. The molecular formula is C29H28N2O4. The first-order valence-electron chi connectivity index (χ1n) is 11.5. The molecule has 0 aromatic heterocycles. The molecule has 4 aromatic carbocycles. The van der Waals surface area contributed by atoms with Crippen molar-refractivity contribution in [2.75, 3.05) is 7.11 Å². The van der Waals surface area contributed by atoms with Gasteiger partial charge >= 0.3 is 5.97 Å². The molecular weight excluding hydrogens is 440 g/mol. The molecule has 0 bridgehead atoms. The van der Waals surface area contributed by atoms with Crippen molar-refractivity contribution in [2.24, 2.45) is 0 Å². The summed E-state index contributed by atoms with van der Waals surface area (Å²) in [5, 5.41) is 9.68. The molecule has 4 rings (SSSR count). The van der Waals surface area contributed by atoms with Crippen LogP contribution in [0.25, 0.3) is 21.5 Å². The second kappa shape index (κ2) is 10.8. The zero-order valence-corrected chi connectivity index (χ0v) is 19.8. The van der Waals surface area contributed by atoms with Crippen LogP contribution in [0.4, 0.5) is 0 Å². The fourth-order valence-electron chi connectivity index (χ4n) is 4.44. The summed E-state index contributed by atoms with van der Waals surface area (Å²) in [7, 11) is 1.30. The van der Waals surface area contributed by atoms with Crippen LogP contribution in [0.3, 0.4) is 0 Å². The van der Waals surface area contributed by atoms with Gasteiger partial charge in [-0.1, -0.05) is 78.9 Å². The number of carbonyl (C=O) groups is 3. The van der Waals surface area contributed by atoms with E-state index in [1.165, 1.54) is 14.0 Å². The summed E-state index contributed by atoms with van der Waals surface area (Å²) in [6.45, 7) is 1.37. The van der Waals surface area contributed by atoms with Gasteiger partial charge in [0.25, 0.3) is 0 Å². The predicted molar refractivity (Wildman–Crippen MR) is 137 cm³/mol. The lowest BCUT2D eigenvalue weighted by Gasteiger charge is -2.23. The third-order valence-corrected chi connectivity index (χ3v) is 6.07. The first kappa shape index (κ1) is 24.0. The smallest absolute Gasteiger partial charge is 0.328 e. The zero-order chi connectivity index (χ0) is 24.8. The molecule has 0 aliphatic rings. The molecule has 178 valence electrons. The molecule has 0 heterocycles. The first-order valence-corrected chi connectivity index (χ1v) is 11.5. The summed E-state index contributed by atoms with van der Waals surface area (Å²) >= 11 is 0. The van der Waals surface area contributed by atoms with Crippen LogP contribution >= 0.6 is 0 Å². The number of rotatable bonds is 8. The molecule has 2 N–H and O–H groups in total. The monoisotopic (exact) mass is 468 g/mol. The van der Waals surface area contributed by atoms with Gasteiger partial charge in [-0.3, -0.25) is 9.59 Å². The second-order valence-electron chi connectivity index (χ2n) is 8.53. The summed E-state index contributed by atoms with van der Waals surface area (Å²) in [4.78, 5) is 37.9. The van der Waals surface area contributed by atoms with Crippen molar-refractivity contribution in [1.29, 1.82) is 0 Å². The van der Waals surface area contributed by atoms with Crippen molar-refractivity contribution in [1.82, 2.24) is 10.6 Å². The maximum Gasteiger partial charge on any atom is 0.328 e. The molecule has 2 atom stereocenters. The molecule has 35 heavy (non-hydrogen) atoms. The molecule has 0 unspecified atom stereocenters. The Labute approximate surface area is 204 Å². The van der Waals surface area contributed by atoms with Crippen LogP contribution < -0.4 is 10.6 Å². The first-order chi connectivity index (χ1) is 17.0. The number of benzene rings is 4. The Bertz CT molecular complexity index is 1310. The zero-order valence-electron chi connectivity index (χ0n) is 19.8. The number of ether oxygens (including phenoxy) is 1. The molecule has 0 radical (unpaired) electrons. The van der Waals surface area contributed by atoms with Gasteiger partial charge in [-0.05, 0) is 38.7 Å². The van der Waals surface area contributed by atoms with Gasteiger partial charge in [0.15, 0.2) is 0 Å². The highest BCUT2D eigenvalue weighted by atomic mass is 16.5. The average Bonchev–Trinajstić information content (AvgIpc) is 2.87. The fraction of sp³-hybridized carbons (Fsp3) is 0.207. The minimum Gasteiger partial charge on any atom is -0.467 e. The largest absolute Gasteiger partial charge is 0.467 e.